The Kier molecular flexibility index (Phi) is 4.02. The second-order valence-electron chi connectivity index (χ2n) is 4.73. The first-order valence-electron chi connectivity index (χ1n) is 6.47. The predicted molar refractivity (Wildman–Crippen MR) is 71.4 cm³/mol. The summed E-state index contributed by atoms with van der Waals surface area (Å²) in [7, 11) is 0. The standard InChI is InChI=1S/C14H22N2O/c1-3-15-11(2)13-6-4-5-7-14(13)16-9-8-12(17)10-16/h4-7,11-12,15,17H,3,8-10H2,1-2H3. The molecule has 1 aromatic rings. The molecule has 0 radical (unpaired) electrons. The smallest absolute Gasteiger partial charge is 0.0731 e. The van der Waals surface area contributed by atoms with Crippen LogP contribution in [0.25, 0.3) is 0 Å². The van der Waals surface area contributed by atoms with Gasteiger partial charge in [-0.15, -0.1) is 0 Å². The summed E-state index contributed by atoms with van der Waals surface area (Å²) in [5.74, 6) is 0. The van der Waals surface area contributed by atoms with Crippen LogP contribution in [0, 0.1) is 0 Å². The van der Waals surface area contributed by atoms with Crippen LogP contribution in [0.4, 0.5) is 5.69 Å². The predicted octanol–water partition coefficient (Wildman–Crippen LogP) is 1.93. The van der Waals surface area contributed by atoms with Crippen molar-refractivity contribution in [1.82, 2.24) is 5.32 Å². The number of nitrogens with zero attached hydrogens (tertiary/aromatic N) is 1. The number of aliphatic hydroxyl groups is 1. The summed E-state index contributed by atoms with van der Waals surface area (Å²) < 4.78 is 0. The molecule has 3 heteroatoms. The number of aliphatic hydroxyl groups excluding tert-OH is 1. The van der Waals surface area contributed by atoms with E-state index >= 15 is 0 Å². The molecule has 0 aliphatic carbocycles. The summed E-state index contributed by atoms with van der Waals surface area (Å²) in [4.78, 5) is 2.29. The van der Waals surface area contributed by atoms with Crippen LogP contribution in [0.2, 0.25) is 0 Å². The zero-order valence-electron chi connectivity index (χ0n) is 10.7. The van der Waals surface area contributed by atoms with E-state index in [1.165, 1.54) is 11.3 Å². The molecule has 94 valence electrons. The molecule has 0 bridgehead atoms. The second-order valence-corrected chi connectivity index (χ2v) is 4.73. The Balaban J connectivity index is 2.21. The molecule has 0 spiro atoms. The Morgan fingerprint density at radius 1 is 1.47 bits per heavy atom. The number of hydrogen-bond donors (Lipinski definition) is 2. The van der Waals surface area contributed by atoms with Crippen molar-refractivity contribution >= 4 is 5.69 Å². The minimum Gasteiger partial charge on any atom is -0.391 e. The highest BCUT2D eigenvalue weighted by Gasteiger charge is 2.23. The van der Waals surface area contributed by atoms with Crippen LogP contribution in [0.1, 0.15) is 31.9 Å². The maximum atomic E-state index is 9.64. The van der Waals surface area contributed by atoms with Gasteiger partial charge in [0.1, 0.15) is 0 Å². The summed E-state index contributed by atoms with van der Waals surface area (Å²) >= 11 is 0. The van der Waals surface area contributed by atoms with E-state index in [1.54, 1.807) is 0 Å². The van der Waals surface area contributed by atoms with Crippen LogP contribution in [0.5, 0.6) is 0 Å². The zero-order chi connectivity index (χ0) is 12.3. The van der Waals surface area contributed by atoms with Gasteiger partial charge < -0.3 is 15.3 Å². The average Bonchev–Trinajstić information content (AvgIpc) is 2.76. The molecule has 1 saturated heterocycles. The van der Waals surface area contributed by atoms with Gasteiger partial charge in [-0.25, -0.2) is 0 Å². The van der Waals surface area contributed by atoms with Crippen molar-refractivity contribution in [3.63, 3.8) is 0 Å². The molecule has 1 aromatic carbocycles. The van der Waals surface area contributed by atoms with Crippen LogP contribution in [-0.4, -0.2) is 30.8 Å². The lowest BCUT2D eigenvalue weighted by molar-refractivity contribution is 0.198. The molecular weight excluding hydrogens is 212 g/mol. The summed E-state index contributed by atoms with van der Waals surface area (Å²) in [6, 6.07) is 8.84. The monoisotopic (exact) mass is 234 g/mol. The number of nitrogens with one attached hydrogen (secondary N) is 1. The van der Waals surface area contributed by atoms with Gasteiger partial charge in [-0.05, 0) is 31.5 Å². The Hall–Kier alpha value is -1.06. The molecule has 2 unspecified atom stereocenters. The van der Waals surface area contributed by atoms with Crippen LogP contribution >= 0.6 is 0 Å². The highest BCUT2D eigenvalue weighted by Crippen LogP contribution is 2.28. The van der Waals surface area contributed by atoms with Crippen molar-refractivity contribution in [3.05, 3.63) is 29.8 Å². The topological polar surface area (TPSA) is 35.5 Å². The van der Waals surface area contributed by atoms with Gasteiger partial charge in [-0.1, -0.05) is 25.1 Å². The van der Waals surface area contributed by atoms with Gasteiger partial charge in [-0.2, -0.15) is 0 Å². The molecule has 1 fully saturated rings. The Morgan fingerprint density at radius 3 is 2.88 bits per heavy atom. The van der Waals surface area contributed by atoms with E-state index in [4.69, 9.17) is 0 Å². The van der Waals surface area contributed by atoms with Crippen LogP contribution in [0.15, 0.2) is 24.3 Å². The molecule has 2 atom stereocenters. The maximum absolute atomic E-state index is 9.64. The second kappa shape index (κ2) is 5.52. The normalized spacial score (nSPS) is 21.8. The highest BCUT2D eigenvalue weighted by atomic mass is 16.3. The largest absolute Gasteiger partial charge is 0.391 e. The number of hydrogen-bond acceptors (Lipinski definition) is 3. The first kappa shape index (κ1) is 12.4. The first-order valence-corrected chi connectivity index (χ1v) is 6.47. The van der Waals surface area contributed by atoms with E-state index in [9.17, 15) is 5.11 Å². The maximum Gasteiger partial charge on any atom is 0.0731 e. The zero-order valence-corrected chi connectivity index (χ0v) is 10.7. The van der Waals surface area contributed by atoms with Crippen molar-refractivity contribution in [2.45, 2.75) is 32.4 Å². The molecular formula is C14H22N2O. The molecule has 1 heterocycles. The Bertz CT molecular complexity index is 367. The number of rotatable bonds is 4. The number of para-hydroxylation sites is 1. The van der Waals surface area contributed by atoms with Gasteiger partial charge in [0.2, 0.25) is 0 Å². The molecule has 17 heavy (non-hydrogen) atoms. The lowest BCUT2D eigenvalue weighted by atomic mass is 10.1. The van der Waals surface area contributed by atoms with Gasteiger partial charge in [0.05, 0.1) is 6.10 Å². The van der Waals surface area contributed by atoms with Crippen molar-refractivity contribution in [1.29, 1.82) is 0 Å². The Labute approximate surface area is 103 Å². The van der Waals surface area contributed by atoms with E-state index in [-0.39, 0.29) is 6.10 Å². The van der Waals surface area contributed by atoms with Gasteiger partial charge >= 0.3 is 0 Å². The fraction of sp³-hybridized carbons (Fsp3) is 0.571. The number of benzene rings is 1. The fourth-order valence-electron chi connectivity index (χ4n) is 2.52. The van der Waals surface area contributed by atoms with Crippen molar-refractivity contribution in [3.8, 4) is 0 Å². The molecule has 2 N–H and O–H groups in total. The molecule has 3 nitrogen and oxygen atoms in total. The fourth-order valence-corrected chi connectivity index (χ4v) is 2.52. The van der Waals surface area contributed by atoms with E-state index in [0.29, 0.717) is 6.04 Å². The highest BCUT2D eigenvalue weighted by molar-refractivity contribution is 5.55. The summed E-state index contributed by atoms with van der Waals surface area (Å²) in [6.07, 6.45) is 0.710. The summed E-state index contributed by atoms with van der Waals surface area (Å²) in [5, 5.41) is 13.1. The number of anilines is 1. The van der Waals surface area contributed by atoms with Crippen LogP contribution in [-0.2, 0) is 0 Å². The van der Waals surface area contributed by atoms with E-state index < -0.39 is 0 Å². The SMILES string of the molecule is CCNC(C)c1ccccc1N1CCC(O)C1. The summed E-state index contributed by atoms with van der Waals surface area (Å²) in [6.45, 7) is 7.00. The summed E-state index contributed by atoms with van der Waals surface area (Å²) in [5.41, 5.74) is 2.58. The van der Waals surface area contributed by atoms with Crippen LogP contribution in [0.3, 0.4) is 0 Å². The minimum absolute atomic E-state index is 0.169. The molecule has 1 aliphatic rings. The number of β-amino-alcohol motifs (C(OH)–C–C–N with tert-alkyl or cyclic N) is 1. The molecule has 0 amide bonds. The molecule has 2 rings (SSSR count). The van der Waals surface area contributed by atoms with Crippen LogP contribution < -0.4 is 10.2 Å². The minimum atomic E-state index is -0.169. The lowest BCUT2D eigenvalue weighted by Crippen LogP contribution is -2.25. The quantitative estimate of drug-likeness (QED) is 0.835. The van der Waals surface area contributed by atoms with Gasteiger partial charge in [0, 0.05) is 24.8 Å². The van der Waals surface area contributed by atoms with Gasteiger partial charge in [0.15, 0.2) is 0 Å². The van der Waals surface area contributed by atoms with Gasteiger partial charge in [-0.3, -0.25) is 0 Å². The third kappa shape index (κ3) is 2.79. The lowest BCUT2D eigenvalue weighted by Gasteiger charge is -2.24. The van der Waals surface area contributed by atoms with E-state index in [2.05, 4.69) is 48.3 Å². The van der Waals surface area contributed by atoms with Crippen molar-refractivity contribution in [2.75, 3.05) is 24.5 Å². The molecule has 0 saturated carbocycles. The van der Waals surface area contributed by atoms with E-state index in [0.717, 1.165) is 26.1 Å². The third-order valence-corrected chi connectivity index (χ3v) is 3.42. The van der Waals surface area contributed by atoms with Gasteiger partial charge in [0.25, 0.3) is 0 Å². The Morgan fingerprint density at radius 2 is 2.24 bits per heavy atom. The van der Waals surface area contributed by atoms with Crippen molar-refractivity contribution < 1.29 is 5.11 Å². The van der Waals surface area contributed by atoms with E-state index in [1.807, 2.05) is 0 Å². The van der Waals surface area contributed by atoms with Crippen molar-refractivity contribution in [2.24, 2.45) is 0 Å². The molecule has 0 aromatic heterocycles. The average molecular weight is 234 g/mol. The third-order valence-electron chi connectivity index (χ3n) is 3.42. The molecule has 1 aliphatic heterocycles. The first-order chi connectivity index (χ1) is 8.22.